The summed E-state index contributed by atoms with van der Waals surface area (Å²) in [5, 5.41) is 11.8. The minimum Gasteiger partial charge on any atom is -0.481 e. The first-order chi connectivity index (χ1) is 8.16. The van der Waals surface area contributed by atoms with Crippen molar-refractivity contribution in [3.05, 3.63) is 12.2 Å². The number of carboxylic acids is 1. The smallest absolute Gasteiger partial charge is 0.307 e. The molecule has 0 fully saturated rings. The van der Waals surface area contributed by atoms with Gasteiger partial charge in [0.25, 0.3) is 0 Å². The van der Waals surface area contributed by atoms with Crippen molar-refractivity contribution in [3.8, 4) is 12.3 Å². The molecule has 92 valence electrons. The summed E-state index contributed by atoms with van der Waals surface area (Å²) < 4.78 is 0. The molecule has 1 aliphatic rings. The van der Waals surface area contributed by atoms with Crippen molar-refractivity contribution >= 4 is 11.9 Å². The zero-order valence-corrected chi connectivity index (χ0v) is 9.69. The molecule has 1 amide bonds. The predicted octanol–water partition coefficient (Wildman–Crippen LogP) is 1.18. The Hall–Kier alpha value is -1.76. The predicted molar refractivity (Wildman–Crippen MR) is 64.1 cm³/mol. The topological polar surface area (TPSA) is 66.4 Å². The van der Waals surface area contributed by atoms with Gasteiger partial charge in [-0.2, -0.15) is 0 Å². The van der Waals surface area contributed by atoms with E-state index in [1.165, 1.54) is 0 Å². The number of amides is 1. The number of hydrogen-bond donors (Lipinski definition) is 2. The van der Waals surface area contributed by atoms with Crippen molar-refractivity contribution in [2.45, 2.75) is 25.7 Å². The van der Waals surface area contributed by atoms with Gasteiger partial charge in [0.1, 0.15) is 0 Å². The van der Waals surface area contributed by atoms with Crippen LogP contribution in [0.15, 0.2) is 12.2 Å². The maximum absolute atomic E-state index is 11.8. The fourth-order valence-electron chi connectivity index (χ4n) is 1.91. The van der Waals surface area contributed by atoms with Crippen molar-refractivity contribution < 1.29 is 14.7 Å². The van der Waals surface area contributed by atoms with Crippen molar-refractivity contribution in [2.24, 2.45) is 11.8 Å². The SMILES string of the molecule is C#CCCCNC(=O)[C@@H]1CC=CC[C@@H]1C(=O)O. The largest absolute Gasteiger partial charge is 0.481 e. The zero-order chi connectivity index (χ0) is 12.7. The molecule has 0 bridgehead atoms. The molecule has 17 heavy (non-hydrogen) atoms. The summed E-state index contributed by atoms with van der Waals surface area (Å²) in [6.07, 6.45) is 11.1. The Labute approximate surface area is 101 Å². The summed E-state index contributed by atoms with van der Waals surface area (Å²) in [7, 11) is 0. The molecule has 0 saturated heterocycles. The number of hydrogen-bond acceptors (Lipinski definition) is 2. The highest BCUT2D eigenvalue weighted by molar-refractivity contribution is 5.85. The van der Waals surface area contributed by atoms with E-state index in [1.54, 1.807) is 0 Å². The van der Waals surface area contributed by atoms with Gasteiger partial charge >= 0.3 is 5.97 Å². The molecule has 0 aromatic carbocycles. The molecule has 0 saturated carbocycles. The van der Waals surface area contributed by atoms with Crippen LogP contribution in [0.2, 0.25) is 0 Å². The van der Waals surface area contributed by atoms with Crippen LogP contribution in [-0.4, -0.2) is 23.5 Å². The van der Waals surface area contributed by atoms with Gasteiger partial charge in [0.05, 0.1) is 11.8 Å². The Kier molecular flexibility index (Phi) is 5.28. The van der Waals surface area contributed by atoms with E-state index in [0.29, 0.717) is 25.8 Å². The average molecular weight is 235 g/mol. The Bertz CT molecular complexity index is 354. The molecule has 4 heteroatoms. The van der Waals surface area contributed by atoms with Gasteiger partial charge in [-0.1, -0.05) is 12.2 Å². The third-order valence-electron chi connectivity index (χ3n) is 2.88. The summed E-state index contributed by atoms with van der Waals surface area (Å²) in [6, 6.07) is 0. The van der Waals surface area contributed by atoms with Gasteiger partial charge in [-0.25, -0.2) is 0 Å². The summed E-state index contributed by atoms with van der Waals surface area (Å²) in [5.74, 6) is 0.346. The molecule has 4 nitrogen and oxygen atoms in total. The van der Waals surface area contributed by atoms with Gasteiger partial charge in [0, 0.05) is 13.0 Å². The van der Waals surface area contributed by atoms with Crippen molar-refractivity contribution in [3.63, 3.8) is 0 Å². The molecular formula is C13H17NO3. The number of terminal acetylenes is 1. The molecule has 1 aliphatic carbocycles. The molecule has 2 N–H and O–H groups in total. The van der Waals surface area contributed by atoms with Crippen LogP contribution in [0, 0.1) is 24.2 Å². The number of nitrogens with one attached hydrogen (secondary N) is 1. The van der Waals surface area contributed by atoms with Crippen LogP contribution in [-0.2, 0) is 9.59 Å². The standard InChI is InChI=1S/C13H17NO3/c1-2-3-6-9-14-12(15)10-7-4-5-8-11(10)13(16)17/h1,4-5,10-11H,3,6-9H2,(H,14,15)(H,16,17)/t10-,11+/m1/s1. The maximum atomic E-state index is 11.8. The van der Waals surface area contributed by atoms with Crippen LogP contribution in [0.3, 0.4) is 0 Å². The first kappa shape index (κ1) is 13.3. The monoisotopic (exact) mass is 235 g/mol. The lowest BCUT2D eigenvalue weighted by Gasteiger charge is -2.24. The second-order valence-electron chi connectivity index (χ2n) is 4.09. The third-order valence-corrected chi connectivity index (χ3v) is 2.88. The molecule has 0 aromatic rings. The molecule has 0 aromatic heterocycles. The van der Waals surface area contributed by atoms with Crippen LogP contribution in [0.4, 0.5) is 0 Å². The number of aliphatic carboxylic acids is 1. The van der Waals surface area contributed by atoms with E-state index in [-0.39, 0.29) is 5.91 Å². The molecule has 0 unspecified atom stereocenters. The van der Waals surface area contributed by atoms with Crippen LogP contribution >= 0.6 is 0 Å². The Morgan fingerprint density at radius 1 is 1.35 bits per heavy atom. The van der Waals surface area contributed by atoms with Crippen molar-refractivity contribution in [2.75, 3.05) is 6.54 Å². The van der Waals surface area contributed by atoms with E-state index in [2.05, 4.69) is 11.2 Å². The molecule has 2 atom stereocenters. The number of rotatable bonds is 5. The van der Waals surface area contributed by atoms with E-state index < -0.39 is 17.8 Å². The highest BCUT2D eigenvalue weighted by atomic mass is 16.4. The van der Waals surface area contributed by atoms with Crippen LogP contribution < -0.4 is 5.32 Å². The van der Waals surface area contributed by atoms with Crippen LogP contribution in [0.5, 0.6) is 0 Å². The molecule has 1 rings (SSSR count). The summed E-state index contributed by atoms with van der Waals surface area (Å²) in [5.41, 5.74) is 0. The lowest BCUT2D eigenvalue weighted by Crippen LogP contribution is -2.39. The highest BCUT2D eigenvalue weighted by Gasteiger charge is 2.33. The molecule has 0 radical (unpaired) electrons. The number of carboxylic acid groups (broad SMARTS) is 1. The van der Waals surface area contributed by atoms with Gasteiger partial charge in [-0.05, 0) is 19.3 Å². The fourth-order valence-corrected chi connectivity index (χ4v) is 1.91. The van der Waals surface area contributed by atoms with Crippen LogP contribution in [0.25, 0.3) is 0 Å². The maximum Gasteiger partial charge on any atom is 0.307 e. The molecule has 0 heterocycles. The van der Waals surface area contributed by atoms with Gasteiger partial charge in [0.15, 0.2) is 0 Å². The van der Waals surface area contributed by atoms with E-state index in [4.69, 9.17) is 11.5 Å². The normalized spacial score (nSPS) is 22.8. The minimum atomic E-state index is -0.905. The van der Waals surface area contributed by atoms with E-state index in [1.807, 2.05) is 12.2 Å². The summed E-state index contributed by atoms with van der Waals surface area (Å²) >= 11 is 0. The molecule has 0 spiro atoms. The van der Waals surface area contributed by atoms with Gasteiger partial charge in [-0.15, -0.1) is 12.3 Å². The minimum absolute atomic E-state index is 0.182. The van der Waals surface area contributed by atoms with E-state index in [0.717, 1.165) is 6.42 Å². The van der Waals surface area contributed by atoms with Crippen LogP contribution in [0.1, 0.15) is 25.7 Å². The molecule has 0 aliphatic heterocycles. The van der Waals surface area contributed by atoms with Crippen molar-refractivity contribution in [1.29, 1.82) is 0 Å². The first-order valence-corrected chi connectivity index (χ1v) is 5.75. The second-order valence-corrected chi connectivity index (χ2v) is 4.09. The molecular weight excluding hydrogens is 218 g/mol. The lowest BCUT2D eigenvalue weighted by atomic mass is 9.82. The highest BCUT2D eigenvalue weighted by Crippen LogP contribution is 2.25. The van der Waals surface area contributed by atoms with E-state index >= 15 is 0 Å². The quantitative estimate of drug-likeness (QED) is 0.427. The first-order valence-electron chi connectivity index (χ1n) is 5.75. The number of unbranched alkanes of at least 4 members (excludes halogenated alkanes) is 1. The Balaban J connectivity index is 2.46. The van der Waals surface area contributed by atoms with Gasteiger partial charge in [0.2, 0.25) is 5.91 Å². The summed E-state index contributed by atoms with van der Waals surface area (Å²) in [4.78, 5) is 22.8. The van der Waals surface area contributed by atoms with Gasteiger partial charge in [-0.3, -0.25) is 9.59 Å². The Morgan fingerprint density at radius 2 is 2.00 bits per heavy atom. The Morgan fingerprint density at radius 3 is 2.59 bits per heavy atom. The van der Waals surface area contributed by atoms with E-state index in [9.17, 15) is 9.59 Å². The number of carbonyl (C=O) groups is 2. The second kappa shape index (κ2) is 6.74. The van der Waals surface area contributed by atoms with Gasteiger partial charge < -0.3 is 10.4 Å². The van der Waals surface area contributed by atoms with Crippen molar-refractivity contribution in [1.82, 2.24) is 5.32 Å². The fraction of sp³-hybridized carbons (Fsp3) is 0.538. The summed E-state index contributed by atoms with van der Waals surface area (Å²) in [6.45, 7) is 0.510. The third kappa shape index (κ3) is 3.95. The number of carbonyl (C=O) groups excluding carboxylic acids is 1. The lowest BCUT2D eigenvalue weighted by molar-refractivity contribution is -0.147. The number of allylic oxidation sites excluding steroid dienone is 2. The zero-order valence-electron chi connectivity index (χ0n) is 9.69. The average Bonchev–Trinajstić information content (AvgIpc) is 2.34.